The molecule has 0 atom stereocenters. The molecule has 2 rings (SSSR count). The van der Waals surface area contributed by atoms with Gasteiger partial charge in [0.1, 0.15) is 5.75 Å². The van der Waals surface area contributed by atoms with Gasteiger partial charge in [-0.05, 0) is 48.5 Å². The lowest BCUT2D eigenvalue weighted by atomic mass is 10.2. The molecule has 0 radical (unpaired) electrons. The molecule has 0 saturated heterocycles. The quantitative estimate of drug-likeness (QED) is 0.839. The lowest BCUT2D eigenvalue weighted by Gasteiger charge is -2.13. The third-order valence-corrected chi connectivity index (χ3v) is 4.20. The summed E-state index contributed by atoms with van der Waals surface area (Å²) >= 11 is 1.07. The highest BCUT2D eigenvalue weighted by molar-refractivity contribution is 8.13. The molecule has 2 aromatic rings. The van der Waals surface area contributed by atoms with Crippen molar-refractivity contribution in [2.45, 2.75) is 11.8 Å². The molecular formula is C18H20N2O3S. The first kappa shape index (κ1) is 17.9. The molecule has 0 fully saturated rings. The van der Waals surface area contributed by atoms with Crippen molar-refractivity contribution in [2.24, 2.45) is 0 Å². The van der Waals surface area contributed by atoms with Crippen LogP contribution in [-0.4, -0.2) is 36.7 Å². The number of hydrogen-bond donors (Lipinski definition) is 1. The van der Waals surface area contributed by atoms with Gasteiger partial charge < -0.3 is 15.0 Å². The molecular weight excluding hydrogens is 324 g/mol. The fourth-order valence-electron chi connectivity index (χ4n) is 1.88. The predicted molar refractivity (Wildman–Crippen MR) is 96.7 cm³/mol. The largest absolute Gasteiger partial charge is 0.484 e. The maximum Gasteiger partial charge on any atom is 0.286 e. The maximum absolute atomic E-state index is 12.1. The summed E-state index contributed by atoms with van der Waals surface area (Å²) in [5.74, 6) is 0.373. The zero-order valence-electron chi connectivity index (χ0n) is 13.9. The number of anilines is 1. The van der Waals surface area contributed by atoms with Crippen LogP contribution in [0.1, 0.15) is 5.56 Å². The number of thioether (sulfide) groups is 1. The number of nitrogens with one attached hydrogen (secondary N) is 1. The van der Waals surface area contributed by atoms with E-state index in [-0.39, 0.29) is 17.8 Å². The first-order valence-corrected chi connectivity index (χ1v) is 8.25. The number of carbonyl (C=O) groups is 2. The van der Waals surface area contributed by atoms with Gasteiger partial charge in [0.15, 0.2) is 6.61 Å². The molecule has 1 N–H and O–H groups in total. The van der Waals surface area contributed by atoms with E-state index in [0.717, 1.165) is 17.3 Å². The molecule has 2 amide bonds. The van der Waals surface area contributed by atoms with Crippen LogP contribution < -0.4 is 10.1 Å². The van der Waals surface area contributed by atoms with Gasteiger partial charge in [-0.2, -0.15) is 0 Å². The lowest BCUT2D eigenvalue weighted by molar-refractivity contribution is -0.118. The zero-order chi connectivity index (χ0) is 17.5. The van der Waals surface area contributed by atoms with Crippen molar-refractivity contribution in [1.29, 1.82) is 0 Å². The topological polar surface area (TPSA) is 58.6 Å². The van der Waals surface area contributed by atoms with E-state index in [4.69, 9.17) is 4.74 Å². The van der Waals surface area contributed by atoms with Gasteiger partial charge >= 0.3 is 0 Å². The molecule has 0 aliphatic heterocycles. The molecule has 6 heteroatoms. The maximum atomic E-state index is 12.1. The molecule has 0 unspecified atom stereocenters. The molecule has 2 aromatic carbocycles. The van der Waals surface area contributed by atoms with E-state index in [1.807, 2.05) is 31.2 Å². The Morgan fingerprint density at radius 1 is 1.12 bits per heavy atom. The van der Waals surface area contributed by atoms with E-state index in [1.165, 1.54) is 4.90 Å². The summed E-state index contributed by atoms with van der Waals surface area (Å²) in [4.78, 5) is 26.1. The van der Waals surface area contributed by atoms with E-state index in [1.54, 1.807) is 38.4 Å². The Morgan fingerprint density at radius 2 is 1.88 bits per heavy atom. The van der Waals surface area contributed by atoms with Gasteiger partial charge in [0.25, 0.3) is 11.1 Å². The Kier molecular flexibility index (Phi) is 6.26. The van der Waals surface area contributed by atoms with Crippen molar-refractivity contribution in [3.63, 3.8) is 0 Å². The standard InChI is InChI=1S/C18H20N2O3S/c1-13-7-6-8-14(11-13)23-12-17(21)19-15-9-4-5-10-16(15)24-18(22)20(2)3/h4-11H,12H2,1-3H3,(H,19,21). The number of carbonyl (C=O) groups excluding carboxylic acids is 2. The van der Waals surface area contributed by atoms with Gasteiger partial charge in [-0.3, -0.25) is 9.59 Å². The number of rotatable bonds is 5. The first-order chi connectivity index (χ1) is 11.5. The van der Waals surface area contributed by atoms with Gasteiger partial charge in [0.2, 0.25) is 0 Å². The first-order valence-electron chi connectivity index (χ1n) is 7.43. The monoisotopic (exact) mass is 344 g/mol. The Morgan fingerprint density at radius 3 is 2.58 bits per heavy atom. The van der Waals surface area contributed by atoms with Gasteiger partial charge in [-0.1, -0.05) is 24.3 Å². The van der Waals surface area contributed by atoms with Crippen molar-refractivity contribution >= 4 is 28.6 Å². The summed E-state index contributed by atoms with van der Waals surface area (Å²) in [6.07, 6.45) is 0. The molecule has 0 aliphatic carbocycles. The zero-order valence-corrected chi connectivity index (χ0v) is 14.7. The summed E-state index contributed by atoms with van der Waals surface area (Å²) < 4.78 is 5.49. The second-order valence-electron chi connectivity index (χ2n) is 5.41. The van der Waals surface area contributed by atoms with Crippen LogP contribution in [0.3, 0.4) is 0 Å². The molecule has 0 heterocycles. The Labute approximate surface area is 146 Å². The van der Waals surface area contributed by atoms with Crippen molar-refractivity contribution in [3.05, 3.63) is 54.1 Å². The van der Waals surface area contributed by atoms with Crippen LogP contribution in [0.4, 0.5) is 10.5 Å². The average molecular weight is 344 g/mol. The van der Waals surface area contributed by atoms with Crippen molar-refractivity contribution in [3.8, 4) is 5.75 Å². The van der Waals surface area contributed by atoms with Gasteiger partial charge in [0.05, 0.1) is 5.69 Å². The fourth-order valence-corrected chi connectivity index (χ4v) is 2.63. The SMILES string of the molecule is Cc1cccc(OCC(=O)Nc2ccccc2SC(=O)N(C)C)c1. The van der Waals surface area contributed by atoms with Crippen molar-refractivity contribution in [2.75, 3.05) is 26.0 Å². The third-order valence-electron chi connectivity index (χ3n) is 3.08. The molecule has 126 valence electrons. The summed E-state index contributed by atoms with van der Waals surface area (Å²) in [5.41, 5.74) is 1.66. The van der Waals surface area contributed by atoms with Gasteiger partial charge in [-0.25, -0.2) is 0 Å². The van der Waals surface area contributed by atoms with Gasteiger partial charge in [0, 0.05) is 19.0 Å². The van der Waals surface area contributed by atoms with Gasteiger partial charge in [-0.15, -0.1) is 0 Å². The van der Waals surface area contributed by atoms with Crippen LogP contribution in [0.15, 0.2) is 53.4 Å². The summed E-state index contributed by atoms with van der Waals surface area (Å²) in [6.45, 7) is 1.87. The highest BCUT2D eigenvalue weighted by Crippen LogP contribution is 2.28. The summed E-state index contributed by atoms with van der Waals surface area (Å²) in [5, 5.41) is 2.68. The van der Waals surface area contributed by atoms with Crippen LogP contribution in [0.5, 0.6) is 5.75 Å². The van der Waals surface area contributed by atoms with Crippen LogP contribution in [0.2, 0.25) is 0 Å². The fraction of sp³-hybridized carbons (Fsp3) is 0.222. The summed E-state index contributed by atoms with van der Waals surface area (Å²) in [6, 6.07) is 14.7. The number of benzene rings is 2. The minimum Gasteiger partial charge on any atom is -0.484 e. The van der Waals surface area contributed by atoms with Crippen molar-refractivity contribution < 1.29 is 14.3 Å². The highest BCUT2D eigenvalue weighted by atomic mass is 32.2. The molecule has 0 bridgehead atoms. The van der Waals surface area contributed by atoms with E-state index in [9.17, 15) is 9.59 Å². The lowest BCUT2D eigenvalue weighted by Crippen LogP contribution is -2.21. The minimum absolute atomic E-state index is 0.0932. The van der Waals surface area contributed by atoms with E-state index in [0.29, 0.717) is 16.3 Å². The van der Waals surface area contributed by atoms with E-state index >= 15 is 0 Å². The van der Waals surface area contributed by atoms with Crippen LogP contribution in [-0.2, 0) is 4.79 Å². The Hall–Kier alpha value is -2.47. The second kappa shape index (κ2) is 8.40. The molecule has 0 aromatic heterocycles. The number of nitrogens with zero attached hydrogens (tertiary/aromatic N) is 1. The number of aryl methyl sites for hydroxylation is 1. The Balaban J connectivity index is 1.97. The normalized spacial score (nSPS) is 10.1. The molecule has 5 nitrogen and oxygen atoms in total. The smallest absolute Gasteiger partial charge is 0.286 e. The number of para-hydroxylation sites is 1. The third kappa shape index (κ3) is 5.31. The number of amides is 2. The van der Waals surface area contributed by atoms with E-state index in [2.05, 4.69) is 5.32 Å². The second-order valence-corrected chi connectivity index (χ2v) is 6.41. The average Bonchev–Trinajstić information content (AvgIpc) is 2.54. The van der Waals surface area contributed by atoms with Crippen molar-refractivity contribution in [1.82, 2.24) is 4.90 Å². The van der Waals surface area contributed by atoms with Crippen LogP contribution >= 0.6 is 11.8 Å². The number of hydrogen-bond acceptors (Lipinski definition) is 4. The minimum atomic E-state index is -0.276. The van der Waals surface area contributed by atoms with Crippen LogP contribution in [0, 0.1) is 6.92 Å². The number of ether oxygens (including phenoxy) is 1. The molecule has 0 saturated carbocycles. The highest BCUT2D eigenvalue weighted by Gasteiger charge is 2.12. The molecule has 0 aliphatic rings. The molecule has 0 spiro atoms. The summed E-state index contributed by atoms with van der Waals surface area (Å²) in [7, 11) is 3.37. The predicted octanol–water partition coefficient (Wildman–Crippen LogP) is 3.79. The van der Waals surface area contributed by atoms with E-state index < -0.39 is 0 Å². The van der Waals surface area contributed by atoms with Crippen LogP contribution in [0.25, 0.3) is 0 Å². The Bertz CT molecular complexity index is 732. The molecule has 24 heavy (non-hydrogen) atoms.